The van der Waals surface area contributed by atoms with Crippen molar-refractivity contribution in [3.05, 3.63) is 35.5 Å². The first-order valence-corrected chi connectivity index (χ1v) is 6.38. The van der Waals surface area contributed by atoms with Crippen molar-refractivity contribution in [3.8, 4) is 0 Å². The molecule has 92 valence electrons. The monoisotopic (exact) mass is 230 g/mol. The van der Waals surface area contributed by atoms with E-state index in [4.69, 9.17) is 5.73 Å². The number of benzene rings is 1. The Hall–Kier alpha value is -1.28. The second-order valence-electron chi connectivity index (χ2n) is 5.17. The molecular formula is C15H22N2. The van der Waals surface area contributed by atoms with E-state index in [9.17, 15) is 0 Å². The molecule has 0 fully saturated rings. The number of hydrogen-bond donors (Lipinski definition) is 1. The average Bonchev–Trinajstić information content (AvgIpc) is 2.65. The number of fused-ring (bicyclic) bond motifs is 1. The van der Waals surface area contributed by atoms with Gasteiger partial charge in [0.05, 0.1) is 0 Å². The normalized spacial score (nSPS) is 13.5. The molecule has 0 bridgehead atoms. The predicted molar refractivity (Wildman–Crippen MR) is 74.1 cm³/mol. The van der Waals surface area contributed by atoms with Crippen molar-refractivity contribution in [2.45, 2.75) is 33.2 Å². The molecule has 0 aliphatic heterocycles. The molecule has 0 aliphatic carbocycles. The standard InChI is InChI=1S/C15H22N2/c1-5-11-6-7-14-12(8-11)13(9-17(14)4)15(16)10(2)3/h6-10,15H,5,16H2,1-4H3. The first kappa shape index (κ1) is 12.2. The molecule has 0 spiro atoms. The molecule has 1 atom stereocenters. The second kappa shape index (κ2) is 4.53. The Morgan fingerprint density at radius 1 is 1.29 bits per heavy atom. The average molecular weight is 230 g/mol. The largest absolute Gasteiger partial charge is 0.350 e. The van der Waals surface area contributed by atoms with Crippen molar-refractivity contribution < 1.29 is 0 Å². The third kappa shape index (κ3) is 2.09. The Labute approximate surface area is 103 Å². The molecule has 0 saturated heterocycles. The number of nitrogens with zero attached hydrogens (tertiary/aromatic N) is 1. The van der Waals surface area contributed by atoms with Gasteiger partial charge in [0, 0.05) is 30.2 Å². The summed E-state index contributed by atoms with van der Waals surface area (Å²) in [6.07, 6.45) is 3.25. The number of aryl methyl sites for hydroxylation is 2. The lowest BCUT2D eigenvalue weighted by Gasteiger charge is -2.14. The van der Waals surface area contributed by atoms with Crippen molar-refractivity contribution in [2.75, 3.05) is 0 Å². The molecule has 0 radical (unpaired) electrons. The molecule has 0 aliphatic rings. The zero-order valence-electron chi connectivity index (χ0n) is 11.2. The first-order chi connectivity index (χ1) is 8.04. The van der Waals surface area contributed by atoms with E-state index in [0.717, 1.165) is 6.42 Å². The van der Waals surface area contributed by atoms with Crippen LogP contribution in [0.5, 0.6) is 0 Å². The quantitative estimate of drug-likeness (QED) is 0.860. The number of rotatable bonds is 3. The van der Waals surface area contributed by atoms with E-state index in [1.165, 1.54) is 22.0 Å². The van der Waals surface area contributed by atoms with Gasteiger partial charge in [0.2, 0.25) is 0 Å². The van der Waals surface area contributed by atoms with Crippen LogP contribution in [0.15, 0.2) is 24.4 Å². The van der Waals surface area contributed by atoms with Crippen LogP contribution >= 0.6 is 0 Å². The van der Waals surface area contributed by atoms with E-state index in [1.807, 2.05) is 0 Å². The van der Waals surface area contributed by atoms with Crippen LogP contribution in [0.1, 0.15) is 37.9 Å². The van der Waals surface area contributed by atoms with Gasteiger partial charge in [0.15, 0.2) is 0 Å². The van der Waals surface area contributed by atoms with Crippen LogP contribution in [0.25, 0.3) is 10.9 Å². The van der Waals surface area contributed by atoms with Crippen LogP contribution < -0.4 is 5.73 Å². The highest BCUT2D eigenvalue weighted by Gasteiger charge is 2.16. The van der Waals surface area contributed by atoms with Crippen LogP contribution in [-0.4, -0.2) is 4.57 Å². The van der Waals surface area contributed by atoms with Gasteiger partial charge in [-0.1, -0.05) is 26.8 Å². The summed E-state index contributed by atoms with van der Waals surface area (Å²) < 4.78 is 2.17. The van der Waals surface area contributed by atoms with Crippen LogP contribution in [0.4, 0.5) is 0 Å². The van der Waals surface area contributed by atoms with E-state index < -0.39 is 0 Å². The minimum atomic E-state index is 0.116. The summed E-state index contributed by atoms with van der Waals surface area (Å²) >= 11 is 0. The summed E-state index contributed by atoms with van der Waals surface area (Å²) in [5, 5.41) is 1.31. The summed E-state index contributed by atoms with van der Waals surface area (Å²) in [6.45, 7) is 6.53. The Kier molecular flexibility index (Phi) is 3.25. The van der Waals surface area contributed by atoms with Gasteiger partial charge >= 0.3 is 0 Å². The fourth-order valence-electron chi connectivity index (χ4n) is 2.31. The lowest BCUT2D eigenvalue weighted by atomic mass is 9.96. The van der Waals surface area contributed by atoms with E-state index in [1.54, 1.807) is 0 Å². The summed E-state index contributed by atoms with van der Waals surface area (Å²) in [7, 11) is 2.09. The van der Waals surface area contributed by atoms with Gasteiger partial charge in [-0.2, -0.15) is 0 Å². The minimum absolute atomic E-state index is 0.116. The topological polar surface area (TPSA) is 30.9 Å². The fraction of sp³-hybridized carbons (Fsp3) is 0.467. The van der Waals surface area contributed by atoms with E-state index >= 15 is 0 Å². The molecule has 0 saturated carbocycles. The Morgan fingerprint density at radius 3 is 2.59 bits per heavy atom. The predicted octanol–water partition coefficient (Wildman–Crippen LogP) is 3.40. The maximum absolute atomic E-state index is 6.30. The van der Waals surface area contributed by atoms with Gasteiger partial charge in [-0.05, 0) is 35.6 Å². The summed E-state index contributed by atoms with van der Waals surface area (Å²) in [4.78, 5) is 0. The molecule has 1 aromatic heterocycles. The summed E-state index contributed by atoms with van der Waals surface area (Å²) in [5.41, 5.74) is 10.2. The molecule has 17 heavy (non-hydrogen) atoms. The maximum Gasteiger partial charge on any atom is 0.0481 e. The summed E-state index contributed by atoms with van der Waals surface area (Å²) in [6, 6.07) is 6.80. The third-order valence-electron chi connectivity index (χ3n) is 3.57. The lowest BCUT2D eigenvalue weighted by Crippen LogP contribution is -2.16. The minimum Gasteiger partial charge on any atom is -0.350 e. The Morgan fingerprint density at radius 2 is 2.00 bits per heavy atom. The van der Waals surface area contributed by atoms with E-state index in [0.29, 0.717) is 5.92 Å². The zero-order chi connectivity index (χ0) is 12.6. The van der Waals surface area contributed by atoms with Gasteiger partial charge in [-0.3, -0.25) is 0 Å². The maximum atomic E-state index is 6.30. The molecular weight excluding hydrogens is 208 g/mol. The molecule has 1 aromatic carbocycles. The Balaban J connectivity index is 2.63. The Bertz CT molecular complexity index is 523. The van der Waals surface area contributed by atoms with Crippen LogP contribution in [0.2, 0.25) is 0 Å². The smallest absolute Gasteiger partial charge is 0.0481 e. The van der Waals surface area contributed by atoms with Gasteiger partial charge in [-0.15, -0.1) is 0 Å². The first-order valence-electron chi connectivity index (χ1n) is 6.38. The van der Waals surface area contributed by atoms with Crippen molar-refractivity contribution in [2.24, 2.45) is 18.7 Å². The van der Waals surface area contributed by atoms with Crippen molar-refractivity contribution >= 4 is 10.9 Å². The van der Waals surface area contributed by atoms with Gasteiger partial charge in [-0.25, -0.2) is 0 Å². The van der Waals surface area contributed by atoms with Crippen LogP contribution in [-0.2, 0) is 13.5 Å². The molecule has 2 rings (SSSR count). The van der Waals surface area contributed by atoms with Gasteiger partial charge < -0.3 is 10.3 Å². The van der Waals surface area contributed by atoms with Crippen LogP contribution in [0.3, 0.4) is 0 Å². The zero-order valence-corrected chi connectivity index (χ0v) is 11.2. The highest BCUT2D eigenvalue weighted by atomic mass is 14.9. The number of hydrogen-bond acceptors (Lipinski definition) is 1. The number of nitrogens with two attached hydrogens (primary N) is 1. The van der Waals surface area contributed by atoms with Gasteiger partial charge in [0.1, 0.15) is 0 Å². The van der Waals surface area contributed by atoms with Crippen LogP contribution in [0, 0.1) is 5.92 Å². The fourth-order valence-corrected chi connectivity index (χ4v) is 2.31. The summed E-state index contributed by atoms with van der Waals surface area (Å²) in [5.74, 6) is 0.464. The van der Waals surface area contributed by atoms with E-state index in [-0.39, 0.29) is 6.04 Å². The molecule has 0 amide bonds. The molecule has 2 aromatic rings. The van der Waals surface area contributed by atoms with E-state index in [2.05, 4.69) is 56.8 Å². The molecule has 1 unspecified atom stereocenters. The highest BCUT2D eigenvalue weighted by molar-refractivity contribution is 5.85. The number of aromatic nitrogens is 1. The third-order valence-corrected chi connectivity index (χ3v) is 3.57. The molecule has 2 heteroatoms. The highest BCUT2D eigenvalue weighted by Crippen LogP contribution is 2.29. The molecule has 2 nitrogen and oxygen atoms in total. The molecule has 2 N–H and O–H groups in total. The second-order valence-corrected chi connectivity index (χ2v) is 5.17. The SMILES string of the molecule is CCc1ccc2c(c1)c(C(N)C(C)C)cn2C. The van der Waals surface area contributed by atoms with Crippen molar-refractivity contribution in [3.63, 3.8) is 0 Å². The van der Waals surface area contributed by atoms with Crippen molar-refractivity contribution in [1.29, 1.82) is 0 Å². The van der Waals surface area contributed by atoms with Crippen molar-refractivity contribution in [1.82, 2.24) is 4.57 Å². The molecule has 1 heterocycles. The van der Waals surface area contributed by atoms with Gasteiger partial charge in [0.25, 0.3) is 0 Å². The lowest BCUT2D eigenvalue weighted by molar-refractivity contribution is 0.516.